The molecule has 1 saturated heterocycles. The van der Waals surface area contributed by atoms with Gasteiger partial charge >= 0.3 is 10.8 Å². The Morgan fingerprint density at radius 1 is 1.00 bits per heavy atom. The summed E-state index contributed by atoms with van der Waals surface area (Å²) in [6, 6.07) is 17.0. The van der Waals surface area contributed by atoms with Crippen LogP contribution in [0.2, 0.25) is 0 Å². The molecule has 3 amide bonds. The van der Waals surface area contributed by atoms with Crippen molar-refractivity contribution in [2.75, 3.05) is 16.8 Å². The number of thiazole rings is 1. The van der Waals surface area contributed by atoms with Crippen molar-refractivity contribution >= 4 is 58.2 Å². The molecule has 0 spiro atoms. The van der Waals surface area contributed by atoms with E-state index in [4.69, 9.17) is 4.74 Å². The van der Waals surface area contributed by atoms with Crippen LogP contribution in [0.25, 0.3) is 0 Å². The molecule has 0 bridgehead atoms. The number of fused-ring (bicyclic) bond motifs is 2. The van der Waals surface area contributed by atoms with E-state index in [2.05, 4.69) is 10.3 Å². The molecule has 2 unspecified atom stereocenters. The molecule has 2 aromatic heterocycles. The largest absolute Gasteiger partial charge is 0.462 e. The smallest absolute Gasteiger partial charge is 0.338 e. The third kappa shape index (κ3) is 5.28. The SMILES string of the molecule is CCOC(=O)c1ccc(NC(=O)Cn2c3c(sc2=O)[C@H](c2cccnc2)C2C(=O)N(c4ccc(C)cc4)C(=O)C2S3)cc1. The van der Waals surface area contributed by atoms with Gasteiger partial charge in [-0.15, -0.1) is 0 Å². The minimum absolute atomic E-state index is 0.252. The summed E-state index contributed by atoms with van der Waals surface area (Å²) >= 11 is 2.13. The van der Waals surface area contributed by atoms with Crippen LogP contribution in [0.15, 0.2) is 82.9 Å². The average molecular weight is 615 g/mol. The van der Waals surface area contributed by atoms with Gasteiger partial charge in [0.25, 0.3) is 0 Å². The number of nitrogens with one attached hydrogen (secondary N) is 1. The first-order valence-electron chi connectivity index (χ1n) is 13.6. The Bertz CT molecular complexity index is 1780. The monoisotopic (exact) mass is 614 g/mol. The maximum Gasteiger partial charge on any atom is 0.338 e. The first-order chi connectivity index (χ1) is 20.8. The highest BCUT2D eigenvalue weighted by atomic mass is 32.2. The van der Waals surface area contributed by atoms with Crippen LogP contribution in [-0.4, -0.2) is 45.1 Å². The number of ether oxygens (including phenoxy) is 1. The minimum Gasteiger partial charge on any atom is -0.462 e. The number of aryl methyl sites for hydroxylation is 1. The van der Waals surface area contributed by atoms with Gasteiger partial charge in [0.05, 0.1) is 28.8 Å². The summed E-state index contributed by atoms with van der Waals surface area (Å²) < 4.78 is 6.35. The fraction of sp³-hybridized carbons (Fsp3) is 0.226. The number of rotatable bonds is 7. The summed E-state index contributed by atoms with van der Waals surface area (Å²) in [5, 5.41) is 2.46. The standard InChI is InChI=1S/C31H26N4O6S2/c1-3-41-30(39)18-8-10-20(11-9-18)33-22(36)16-34-29-26(43-31(34)40)23(19-5-4-14-32-15-19)24-25(42-29)28(38)35(27(24)37)21-12-6-17(2)7-13-21/h4-15,23-25H,3,16H2,1-2H3,(H,33,36)/t23-,24?,25?/m1/s1. The van der Waals surface area contributed by atoms with Gasteiger partial charge in [0, 0.05) is 28.9 Å². The van der Waals surface area contributed by atoms with Crippen molar-refractivity contribution in [3.8, 4) is 0 Å². The Labute approximate surface area is 254 Å². The molecule has 218 valence electrons. The lowest BCUT2D eigenvalue weighted by Gasteiger charge is -2.30. The molecule has 6 rings (SSSR count). The van der Waals surface area contributed by atoms with Crippen LogP contribution in [-0.2, 0) is 25.7 Å². The molecule has 2 aliphatic rings. The number of carbonyl (C=O) groups is 4. The van der Waals surface area contributed by atoms with Gasteiger partial charge in [-0.3, -0.25) is 28.7 Å². The van der Waals surface area contributed by atoms with Crippen molar-refractivity contribution in [3.05, 3.63) is 104 Å². The van der Waals surface area contributed by atoms with Crippen LogP contribution < -0.4 is 15.1 Å². The highest BCUT2D eigenvalue weighted by Crippen LogP contribution is 2.53. The van der Waals surface area contributed by atoms with E-state index < -0.39 is 29.0 Å². The average Bonchev–Trinajstić information content (AvgIpc) is 3.44. The van der Waals surface area contributed by atoms with Crippen molar-refractivity contribution < 1.29 is 23.9 Å². The number of hydrogen-bond donors (Lipinski definition) is 1. The van der Waals surface area contributed by atoms with Crippen LogP contribution in [0.4, 0.5) is 11.4 Å². The van der Waals surface area contributed by atoms with Gasteiger partial charge in [-0.25, -0.2) is 9.69 Å². The molecule has 4 heterocycles. The van der Waals surface area contributed by atoms with Crippen molar-refractivity contribution in [2.45, 2.75) is 36.6 Å². The maximum absolute atomic E-state index is 13.9. The summed E-state index contributed by atoms with van der Waals surface area (Å²) in [7, 11) is 0. The van der Waals surface area contributed by atoms with Gasteiger partial charge in [-0.2, -0.15) is 0 Å². The molecule has 0 aliphatic carbocycles. The van der Waals surface area contributed by atoms with E-state index in [1.807, 2.05) is 25.1 Å². The first kappa shape index (κ1) is 28.6. The van der Waals surface area contributed by atoms with Gasteiger partial charge in [-0.05, 0) is 61.9 Å². The second kappa shape index (κ2) is 11.6. The number of aromatic nitrogens is 2. The van der Waals surface area contributed by atoms with E-state index in [0.717, 1.165) is 28.7 Å². The van der Waals surface area contributed by atoms with Crippen LogP contribution in [0.1, 0.15) is 39.2 Å². The number of imide groups is 1. The van der Waals surface area contributed by atoms with E-state index in [-0.39, 0.29) is 29.8 Å². The number of hydrogen-bond acceptors (Lipinski definition) is 9. The molecule has 12 heteroatoms. The topological polar surface area (TPSA) is 128 Å². The van der Waals surface area contributed by atoms with Crippen molar-refractivity contribution in [1.29, 1.82) is 0 Å². The summed E-state index contributed by atoms with van der Waals surface area (Å²) in [6.45, 7) is 3.60. The summed E-state index contributed by atoms with van der Waals surface area (Å²) in [4.78, 5) is 71.7. The Balaban J connectivity index is 1.32. The number of thioether (sulfide) groups is 1. The zero-order chi connectivity index (χ0) is 30.2. The third-order valence-electron chi connectivity index (χ3n) is 7.37. The zero-order valence-corrected chi connectivity index (χ0v) is 24.8. The number of esters is 1. The Kier molecular flexibility index (Phi) is 7.72. The lowest BCUT2D eigenvalue weighted by atomic mass is 9.84. The predicted molar refractivity (Wildman–Crippen MR) is 162 cm³/mol. The van der Waals surface area contributed by atoms with Gasteiger partial charge < -0.3 is 10.1 Å². The number of anilines is 2. The molecular weight excluding hydrogens is 588 g/mol. The highest BCUT2D eigenvalue weighted by Gasteiger charge is 2.56. The van der Waals surface area contributed by atoms with Crippen molar-refractivity contribution in [2.24, 2.45) is 5.92 Å². The van der Waals surface area contributed by atoms with E-state index in [1.165, 1.54) is 9.47 Å². The van der Waals surface area contributed by atoms with Gasteiger partial charge in [0.1, 0.15) is 11.8 Å². The van der Waals surface area contributed by atoms with Gasteiger partial charge in [-0.1, -0.05) is 46.9 Å². The van der Waals surface area contributed by atoms with E-state index >= 15 is 0 Å². The number of nitrogens with zero attached hydrogens (tertiary/aromatic N) is 3. The van der Waals surface area contributed by atoms with Gasteiger partial charge in [0.15, 0.2) is 0 Å². The fourth-order valence-corrected chi connectivity index (χ4v) is 8.14. The second-order valence-corrected chi connectivity index (χ2v) is 12.3. The van der Waals surface area contributed by atoms with E-state index in [9.17, 15) is 24.0 Å². The summed E-state index contributed by atoms with van der Waals surface area (Å²) in [5.41, 5.74) is 3.01. The molecule has 4 aromatic rings. The highest BCUT2D eigenvalue weighted by molar-refractivity contribution is 8.00. The quantitative estimate of drug-likeness (QED) is 0.242. The number of carbonyl (C=O) groups excluding carboxylic acids is 4. The predicted octanol–water partition coefficient (Wildman–Crippen LogP) is 4.22. The van der Waals surface area contributed by atoms with E-state index in [1.54, 1.807) is 61.8 Å². The second-order valence-electron chi connectivity index (χ2n) is 10.1. The van der Waals surface area contributed by atoms with E-state index in [0.29, 0.717) is 32.4 Å². The summed E-state index contributed by atoms with van der Waals surface area (Å²) in [6.07, 6.45) is 3.27. The molecular formula is C31H26N4O6S2. The third-order valence-corrected chi connectivity index (χ3v) is 9.97. The van der Waals surface area contributed by atoms with Crippen molar-refractivity contribution in [1.82, 2.24) is 9.55 Å². The normalized spacial score (nSPS) is 19.1. The number of pyridine rings is 1. The number of amides is 3. The van der Waals surface area contributed by atoms with Crippen molar-refractivity contribution in [3.63, 3.8) is 0 Å². The molecule has 43 heavy (non-hydrogen) atoms. The fourth-order valence-electron chi connectivity index (χ4n) is 5.37. The van der Waals surface area contributed by atoms with Crippen LogP contribution in [0.3, 0.4) is 0 Å². The lowest BCUT2D eigenvalue weighted by Crippen LogP contribution is -2.33. The van der Waals surface area contributed by atoms with Crippen LogP contribution in [0.5, 0.6) is 0 Å². The molecule has 1 N–H and O–H groups in total. The molecule has 3 atom stereocenters. The maximum atomic E-state index is 13.9. The molecule has 0 radical (unpaired) electrons. The minimum atomic E-state index is -0.787. The van der Waals surface area contributed by atoms with Crippen LogP contribution in [0, 0.1) is 12.8 Å². The molecule has 10 nitrogen and oxygen atoms in total. The lowest BCUT2D eigenvalue weighted by molar-refractivity contribution is -0.122. The number of benzene rings is 2. The van der Waals surface area contributed by atoms with Crippen LogP contribution >= 0.6 is 23.1 Å². The molecule has 1 fully saturated rings. The Morgan fingerprint density at radius 2 is 1.74 bits per heavy atom. The molecule has 2 aromatic carbocycles. The Morgan fingerprint density at radius 3 is 2.42 bits per heavy atom. The zero-order valence-electron chi connectivity index (χ0n) is 23.2. The molecule has 2 aliphatic heterocycles. The summed E-state index contributed by atoms with van der Waals surface area (Å²) in [5.74, 6) is -2.94. The van der Waals surface area contributed by atoms with Gasteiger partial charge in [0.2, 0.25) is 17.7 Å². The molecule has 0 saturated carbocycles. The first-order valence-corrected chi connectivity index (χ1v) is 15.3. The Hall–Kier alpha value is -4.55.